The van der Waals surface area contributed by atoms with Crippen LogP contribution < -0.4 is 24.5 Å². The first-order chi connectivity index (χ1) is 14.7. The Bertz CT molecular complexity index is 1040. The van der Waals surface area contributed by atoms with Crippen LogP contribution in [0.1, 0.15) is 0 Å². The van der Waals surface area contributed by atoms with E-state index in [-0.39, 0.29) is 6.67 Å². The van der Waals surface area contributed by atoms with Crippen LogP contribution in [0.15, 0.2) is 55.0 Å². The molecule has 1 atom stereocenters. The van der Waals surface area contributed by atoms with Crippen LogP contribution in [0.3, 0.4) is 0 Å². The van der Waals surface area contributed by atoms with Crippen LogP contribution in [0.5, 0.6) is 5.75 Å². The number of para-hydroxylation sites is 1. The summed E-state index contributed by atoms with van der Waals surface area (Å²) in [5.41, 5.74) is 1.38. The molecule has 4 heterocycles. The number of rotatable bonds is 4. The molecule has 9 heteroatoms. The van der Waals surface area contributed by atoms with Crippen molar-refractivity contribution < 1.29 is 4.74 Å². The van der Waals surface area contributed by atoms with Crippen LogP contribution >= 0.6 is 0 Å². The fraction of sp³-hybridized carbons (Fsp3) is 0.286. The average Bonchev–Trinajstić information content (AvgIpc) is 3.18. The number of aromatic nitrogens is 3. The maximum absolute atomic E-state index is 13.6. The highest BCUT2D eigenvalue weighted by Crippen LogP contribution is 2.45. The molecule has 1 aromatic carbocycles. The number of nitrogens with one attached hydrogen (secondary N) is 1. The van der Waals surface area contributed by atoms with Gasteiger partial charge in [-0.15, -0.1) is 0 Å². The lowest BCUT2D eigenvalue weighted by Crippen LogP contribution is -2.47. The number of benzene rings is 1. The van der Waals surface area contributed by atoms with Crippen molar-refractivity contribution in [3.8, 4) is 5.75 Å². The van der Waals surface area contributed by atoms with Gasteiger partial charge >= 0.3 is 0 Å². The summed E-state index contributed by atoms with van der Waals surface area (Å²) < 4.78 is 4.82. The molecule has 154 valence electrons. The minimum Gasteiger partial charge on any atom is -0.619 e. The third kappa shape index (κ3) is 2.99. The summed E-state index contributed by atoms with van der Waals surface area (Å²) >= 11 is 0. The van der Waals surface area contributed by atoms with Gasteiger partial charge in [0.05, 0.1) is 7.11 Å². The van der Waals surface area contributed by atoms with Crippen LogP contribution in [0.2, 0.25) is 0 Å². The number of fused-ring (bicyclic) bond motifs is 1. The van der Waals surface area contributed by atoms with Crippen LogP contribution in [0, 0.1) is 5.21 Å². The van der Waals surface area contributed by atoms with Gasteiger partial charge in [0.15, 0.2) is 29.7 Å². The van der Waals surface area contributed by atoms with Crippen molar-refractivity contribution in [3.05, 3.63) is 60.2 Å². The molecule has 0 spiro atoms. The van der Waals surface area contributed by atoms with E-state index in [1.165, 1.54) is 6.33 Å². The maximum atomic E-state index is 13.6. The molecule has 2 aliphatic heterocycles. The zero-order valence-electron chi connectivity index (χ0n) is 16.7. The number of methoxy groups -OCH3 is 1. The smallest absolute Gasteiger partial charge is 0.263 e. The van der Waals surface area contributed by atoms with Gasteiger partial charge in [0.25, 0.3) is 5.82 Å². The number of hydrogen-bond donors (Lipinski definition) is 1. The Balaban J connectivity index is 1.39. The van der Waals surface area contributed by atoms with Gasteiger partial charge in [0.2, 0.25) is 0 Å². The van der Waals surface area contributed by atoms with Gasteiger partial charge in [-0.25, -0.2) is 9.97 Å². The van der Waals surface area contributed by atoms with E-state index >= 15 is 0 Å². The Kier molecular flexibility index (Phi) is 4.61. The quantitative estimate of drug-likeness (QED) is 0.524. The summed E-state index contributed by atoms with van der Waals surface area (Å²) in [7, 11) is 1.66. The zero-order chi connectivity index (χ0) is 20.6. The van der Waals surface area contributed by atoms with Crippen molar-refractivity contribution in [2.75, 3.05) is 55.1 Å². The van der Waals surface area contributed by atoms with Gasteiger partial charge < -0.3 is 25.1 Å². The summed E-state index contributed by atoms with van der Waals surface area (Å²) in [5.74, 6) is 2.86. The van der Waals surface area contributed by atoms with Crippen molar-refractivity contribution in [3.63, 3.8) is 0 Å². The van der Waals surface area contributed by atoms with Crippen LogP contribution in [-0.4, -0.2) is 54.9 Å². The highest BCUT2D eigenvalue weighted by atomic mass is 16.6. The number of hydroxylamine groups is 1. The van der Waals surface area contributed by atoms with Gasteiger partial charge in [-0.05, 0) is 24.3 Å². The number of quaternary nitrogens is 1. The number of nitrogens with zero attached hydrogens (tertiary/aromatic N) is 6. The first-order valence-corrected chi connectivity index (χ1v) is 9.94. The molecule has 1 unspecified atom stereocenters. The molecule has 1 fully saturated rings. The molecule has 2 aromatic heterocycles. The first kappa shape index (κ1) is 18.6. The summed E-state index contributed by atoms with van der Waals surface area (Å²) in [6, 6.07) is 13.1. The van der Waals surface area contributed by atoms with E-state index in [0.29, 0.717) is 11.5 Å². The topological polar surface area (TPSA) is 89.5 Å². The lowest BCUT2D eigenvalue weighted by molar-refractivity contribution is 0.411. The predicted molar refractivity (Wildman–Crippen MR) is 117 cm³/mol. The second kappa shape index (κ2) is 7.43. The van der Waals surface area contributed by atoms with Crippen molar-refractivity contribution in [1.29, 1.82) is 0 Å². The van der Waals surface area contributed by atoms with E-state index in [1.807, 2.05) is 42.5 Å². The van der Waals surface area contributed by atoms with E-state index in [2.05, 4.69) is 30.1 Å². The lowest BCUT2D eigenvalue weighted by atomic mass is 10.2. The summed E-state index contributed by atoms with van der Waals surface area (Å²) in [6.45, 7) is 3.28. The number of anilines is 3. The Labute approximate surface area is 174 Å². The van der Waals surface area contributed by atoms with Gasteiger partial charge in [-0.2, -0.15) is 4.98 Å². The van der Waals surface area contributed by atoms with Crippen LogP contribution in [0.4, 0.5) is 28.8 Å². The Morgan fingerprint density at radius 3 is 2.40 bits per heavy atom. The first-order valence-electron chi connectivity index (χ1n) is 9.94. The van der Waals surface area contributed by atoms with Gasteiger partial charge in [-0.3, -0.25) is 4.65 Å². The Hall–Kier alpha value is -3.43. The third-order valence-corrected chi connectivity index (χ3v) is 5.65. The van der Waals surface area contributed by atoms with E-state index in [9.17, 15) is 5.21 Å². The summed E-state index contributed by atoms with van der Waals surface area (Å²) in [5, 5.41) is 16.9. The van der Waals surface area contributed by atoms with E-state index in [4.69, 9.17) is 4.74 Å². The van der Waals surface area contributed by atoms with Crippen LogP contribution in [0.25, 0.3) is 0 Å². The van der Waals surface area contributed by atoms with Crippen molar-refractivity contribution in [1.82, 2.24) is 19.6 Å². The molecule has 5 rings (SSSR count). The minimum absolute atomic E-state index is 0.205. The molecule has 30 heavy (non-hydrogen) atoms. The van der Waals surface area contributed by atoms with E-state index < -0.39 is 4.65 Å². The Morgan fingerprint density at radius 2 is 1.67 bits per heavy atom. The molecule has 9 nitrogen and oxygen atoms in total. The highest BCUT2D eigenvalue weighted by Gasteiger charge is 2.38. The standard InChI is InChI=1S/C21H23N7O2/c1-30-17-8-5-9-22-19(17)26-10-12-27(13-11-26)20-18-21(24-14-23-20)28(29,15-25-18)16-6-3-2-4-7-16/h2-9,14,25H,10-13,15H2,1H3. The molecule has 0 aliphatic carbocycles. The minimum atomic E-state index is -0.628. The molecule has 0 saturated carbocycles. The second-order valence-electron chi connectivity index (χ2n) is 7.31. The van der Waals surface area contributed by atoms with Gasteiger partial charge in [0.1, 0.15) is 12.0 Å². The fourth-order valence-electron chi connectivity index (χ4n) is 4.10. The monoisotopic (exact) mass is 405 g/mol. The zero-order valence-corrected chi connectivity index (χ0v) is 16.7. The largest absolute Gasteiger partial charge is 0.619 e. The van der Waals surface area contributed by atoms with Crippen molar-refractivity contribution in [2.45, 2.75) is 0 Å². The normalized spacial score (nSPS) is 20.6. The van der Waals surface area contributed by atoms with Crippen molar-refractivity contribution in [2.24, 2.45) is 0 Å². The molecule has 0 amide bonds. The molecular formula is C21H23N7O2. The van der Waals surface area contributed by atoms with Gasteiger partial charge in [0, 0.05) is 32.4 Å². The van der Waals surface area contributed by atoms with E-state index in [0.717, 1.165) is 49.3 Å². The highest BCUT2D eigenvalue weighted by molar-refractivity contribution is 5.83. The summed E-state index contributed by atoms with van der Waals surface area (Å²) in [6.07, 6.45) is 3.27. The average molecular weight is 405 g/mol. The molecule has 1 saturated heterocycles. The molecule has 1 N–H and O–H groups in total. The molecule has 2 aliphatic rings. The third-order valence-electron chi connectivity index (χ3n) is 5.65. The van der Waals surface area contributed by atoms with Gasteiger partial charge in [-0.1, -0.05) is 18.2 Å². The predicted octanol–water partition coefficient (Wildman–Crippen LogP) is 2.73. The van der Waals surface area contributed by atoms with Crippen LogP contribution in [-0.2, 0) is 0 Å². The number of piperazine rings is 1. The Morgan fingerprint density at radius 1 is 0.933 bits per heavy atom. The number of pyridine rings is 1. The van der Waals surface area contributed by atoms with E-state index in [1.54, 1.807) is 13.3 Å². The molecular weight excluding hydrogens is 382 g/mol. The second-order valence-corrected chi connectivity index (χ2v) is 7.31. The number of hydrogen-bond acceptors (Lipinski definition) is 8. The lowest BCUT2D eigenvalue weighted by Gasteiger charge is -2.37. The SMILES string of the molecule is COc1cccnc1N1CCN(c2ncnc3c2NC[N+]3([O-])c2ccccc2)CC1. The molecule has 0 bridgehead atoms. The molecule has 0 radical (unpaired) electrons. The molecule has 3 aromatic rings. The van der Waals surface area contributed by atoms with Crippen molar-refractivity contribution >= 4 is 28.8 Å². The number of ether oxygens (including phenoxy) is 1. The fourth-order valence-corrected chi connectivity index (χ4v) is 4.10. The summed E-state index contributed by atoms with van der Waals surface area (Å²) in [4.78, 5) is 17.7. The maximum Gasteiger partial charge on any atom is 0.263 e.